The van der Waals surface area contributed by atoms with Crippen molar-refractivity contribution in [3.05, 3.63) is 22.4 Å². The minimum atomic E-state index is -0.567. The van der Waals surface area contributed by atoms with Gasteiger partial charge in [0.1, 0.15) is 6.04 Å². The van der Waals surface area contributed by atoms with E-state index >= 15 is 0 Å². The van der Waals surface area contributed by atoms with Crippen LogP contribution in [-0.4, -0.2) is 39.7 Å². The molecule has 4 rings (SSSR count). The maximum Gasteiger partial charge on any atom is 0.247 e. The van der Waals surface area contributed by atoms with Crippen LogP contribution in [0.25, 0.3) is 0 Å². The number of thiophene rings is 1. The zero-order valence-corrected chi connectivity index (χ0v) is 16.3. The van der Waals surface area contributed by atoms with Crippen molar-refractivity contribution in [3.63, 3.8) is 0 Å². The van der Waals surface area contributed by atoms with Gasteiger partial charge in [-0.25, -0.2) is 0 Å². The molecule has 0 bridgehead atoms. The van der Waals surface area contributed by atoms with Gasteiger partial charge in [0, 0.05) is 24.3 Å². The SMILES string of the molecule is O=C1CC(C(=O)N(C2CC2)C(C(=O)NC2CCCC2)c2ccsc2)CS1. The molecular weight excluding hydrogens is 368 g/mol. The maximum atomic E-state index is 13.2. The monoisotopic (exact) mass is 392 g/mol. The molecule has 3 fully saturated rings. The number of nitrogens with zero attached hydrogens (tertiary/aromatic N) is 1. The highest BCUT2D eigenvalue weighted by Gasteiger charge is 2.45. The Balaban J connectivity index is 1.58. The molecule has 0 spiro atoms. The van der Waals surface area contributed by atoms with E-state index in [1.54, 1.807) is 16.2 Å². The Morgan fingerprint density at radius 2 is 1.96 bits per heavy atom. The molecule has 0 radical (unpaired) electrons. The molecule has 2 unspecified atom stereocenters. The summed E-state index contributed by atoms with van der Waals surface area (Å²) in [5, 5.41) is 7.19. The van der Waals surface area contributed by atoms with Gasteiger partial charge in [0.2, 0.25) is 11.8 Å². The first kappa shape index (κ1) is 18.0. The molecule has 0 aromatic carbocycles. The van der Waals surface area contributed by atoms with Gasteiger partial charge in [-0.15, -0.1) is 0 Å². The second-order valence-electron chi connectivity index (χ2n) is 7.51. The van der Waals surface area contributed by atoms with E-state index in [-0.39, 0.29) is 34.9 Å². The highest BCUT2D eigenvalue weighted by atomic mass is 32.2. The predicted molar refractivity (Wildman–Crippen MR) is 103 cm³/mol. The van der Waals surface area contributed by atoms with Crippen LogP contribution < -0.4 is 5.32 Å². The molecule has 2 atom stereocenters. The highest BCUT2D eigenvalue weighted by molar-refractivity contribution is 8.14. The Bertz CT molecular complexity index is 681. The lowest BCUT2D eigenvalue weighted by atomic mass is 10.0. The molecule has 3 aliphatic rings. The molecule has 1 aromatic rings. The molecule has 2 amide bonds. The van der Waals surface area contributed by atoms with Crippen molar-refractivity contribution in [2.75, 3.05) is 5.75 Å². The van der Waals surface area contributed by atoms with Crippen LogP contribution in [0, 0.1) is 5.92 Å². The Kier molecular flexibility index (Phi) is 5.36. The number of rotatable bonds is 6. The van der Waals surface area contributed by atoms with E-state index in [9.17, 15) is 14.4 Å². The van der Waals surface area contributed by atoms with Crippen LogP contribution in [0.3, 0.4) is 0 Å². The van der Waals surface area contributed by atoms with Crippen molar-refractivity contribution in [1.29, 1.82) is 0 Å². The van der Waals surface area contributed by atoms with Crippen molar-refractivity contribution in [2.45, 2.75) is 63.1 Å². The summed E-state index contributed by atoms with van der Waals surface area (Å²) in [7, 11) is 0. The smallest absolute Gasteiger partial charge is 0.247 e. The van der Waals surface area contributed by atoms with Crippen molar-refractivity contribution >= 4 is 40.0 Å². The Morgan fingerprint density at radius 1 is 1.19 bits per heavy atom. The van der Waals surface area contributed by atoms with Gasteiger partial charge in [-0.3, -0.25) is 14.4 Å². The van der Waals surface area contributed by atoms with Crippen molar-refractivity contribution < 1.29 is 14.4 Å². The maximum absolute atomic E-state index is 13.2. The molecular formula is C19H24N2O3S2. The molecule has 1 aliphatic heterocycles. The van der Waals surface area contributed by atoms with E-state index < -0.39 is 6.04 Å². The summed E-state index contributed by atoms with van der Waals surface area (Å²) in [6.07, 6.45) is 6.53. The van der Waals surface area contributed by atoms with E-state index in [2.05, 4.69) is 5.32 Å². The van der Waals surface area contributed by atoms with E-state index in [0.29, 0.717) is 12.2 Å². The molecule has 26 heavy (non-hydrogen) atoms. The molecule has 2 saturated carbocycles. The zero-order valence-electron chi connectivity index (χ0n) is 14.7. The van der Waals surface area contributed by atoms with Crippen molar-refractivity contribution in [2.24, 2.45) is 5.92 Å². The van der Waals surface area contributed by atoms with Crippen LogP contribution in [0.4, 0.5) is 0 Å². The van der Waals surface area contributed by atoms with E-state index in [1.165, 1.54) is 11.8 Å². The van der Waals surface area contributed by atoms with Gasteiger partial charge in [-0.2, -0.15) is 11.3 Å². The number of amides is 2. The van der Waals surface area contributed by atoms with Gasteiger partial charge < -0.3 is 10.2 Å². The second-order valence-corrected chi connectivity index (χ2v) is 9.37. The van der Waals surface area contributed by atoms with Crippen LogP contribution in [0.1, 0.15) is 56.6 Å². The summed E-state index contributed by atoms with van der Waals surface area (Å²) < 4.78 is 0. The molecule has 7 heteroatoms. The van der Waals surface area contributed by atoms with Crippen LogP contribution in [0.2, 0.25) is 0 Å². The molecule has 1 saturated heterocycles. The quantitative estimate of drug-likeness (QED) is 0.808. The first-order valence-corrected chi connectivity index (χ1v) is 11.4. The van der Waals surface area contributed by atoms with Gasteiger partial charge in [-0.05, 0) is 48.1 Å². The summed E-state index contributed by atoms with van der Waals surface area (Å²) >= 11 is 2.79. The molecule has 140 valence electrons. The standard InChI is InChI=1S/C19H24N2O3S2/c22-16-9-13(11-26-16)19(24)21(15-5-6-15)17(12-7-8-25-10-12)18(23)20-14-3-1-2-4-14/h7-8,10,13-15,17H,1-6,9,11H2,(H,20,23). The summed E-state index contributed by atoms with van der Waals surface area (Å²) in [6.45, 7) is 0. The number of nitrogens with one attached hydrogen (secondary N) is 1. The summed E-state index contributed by atoms with van der Waals surface area (Å²) in [5.74, 6) is 0.172. The second kappa shape index (κ2) is 7.72. The lowest BCUT2D eigenvalue weighted by Crippen LogP contribution is -2.48. The summed E-state index contributed by atoms with van der Waals surface area (Å²) in [5.41, 5.74) is 0.891. The number of carbonyl (C=O) groups is 3. The van der Waals surface area contributed by atoms with Gasteiger partial charge >= 0.3 is 0 Å². The van der Waals surface area contributed by atoms with Crippen molar-refractivity contribution in [1.82, 2.24) is 10.2 Å². The zero-order chi connectivity index (χ0) is 18.1. The number of hydrogen-bond acceptors (Lipinski definition) is 5. The highest BCUT2D eigenvalue weighted by Crippen LogP contribution is 2.39. The molecule has 5 nitrogen and oxygen atoms in total. The lowest BCUT2D eigenvalue weighted by molar-refractivity contribution is -0.144. The summed E-state index contributed by atoms with van der Waals surface area (Å²) in [4.78, 5) is 39.9. The third-order valence-electron chi connectivity index (χ3n) is 5.49. The first-order valence-electron chi connectivity index (χ1n) is 9.44. The molecule has 2 aliphatic carbocycles. The third kappa shape index (κ3) is 3.83. The average Bonchev–Trinajstić information content (AvgIpc) is 3.04. The molecule has 2 heterocycles. The fourth-order valence-electron chi connectivity index (χ4n) is 3.97. The van der Waals surface area contributed by atoms with Crippen molar-refractivity contribution in [3.8, 4) is 0 Å². The number of hydrogen-bond donors (Lipinski definition) is 1. The number of carbonyl (C=O) groups excluding carboxylic acids is 3. The van der Waals surface area contributed by atoms with Crippen LogP contribution in [0.5, 0.6) is 0 Å². The van der Waals surface area contributed by atoms with Crippen LogP contribution >= 0.6 is 23.1 Å². The van der Waals surface area contributed by atoms with E-state index in [4.69, 9.17) is 0 Å². The van der Waals surface area contributed by atoms with Gasteiger partial charge in [0.25, 0.3) is 0 Å². The van der Waals surface area contributed by atoms with Gasteiger partial charge in [0.15, 0.2) is 5.12 Å². The minimum absolute atomic E-state index is 0.0244. The Hall–Kier alpha value is -1.34. The average molecular weight is 393 g/mol. The predicted octanol–water partition coefficient (Wildman–Crippen LogP) is 3.12. The van der Waals surface area contributed by atoms with Gasteiger partial charge in [0.05, 0.1) is 5.92 Å². The normalized spacial score (nSPS) is 24.6. The Labute approximate surface area is 161 Å². The largest absolute Gasteiger partial charge is 0.351 e. The fourth-order valence-corrected chi connectivity index (χ4v) is 5.62. The number of thioether (sulfide) groups is 1. The van der Waals surface area contributed by atoms with Crippen LogP contribution in [0.15, 0.2) is 16.8 Å². The minimum Gasteiger partial charge on any atom is -0.351 e. The van der Waals surface area contributed by atoms with E-state index in [0.717, 1.165) is 44.1 Å². The van der Waals surface area contributed by atoms with Gasteiger partial charge in [-0.1, -0.05) is 24.6 Å². The van der Waals surface area contributed by atoms with Crippen LogP contribution in [-0.2, 0) is 14.4 Å². The van der Waals surface area contributed by atoms with E-state index in [1.807, 2.05) is 16.8 Å². The Morgan fingerprint density at radius 3 is 2.54 bits per heavy atom. The first-order chi connectivity index (χ1) is 12.6. The topological polar surface area (TPSA) is 66.5 Å². The summed E-state index contributed by atoms with van der Waals surface area (Å²) in [6, 6.07) is 1.73. The lowest BCUT2D eigenvalue weighted by Gasteiger charge is -2.33. The molecule has 1 N–H and O–H groups in total. The fraction of sp³-hybridized carbons (Fsp3) is 0.632. The molecule has 1 aromatic heterocycles. The third-order valence-corrected chi connectivity index (χ3v) is 7.25.